The van der Waals surface area contributed by atoms with Crippen molar-refractivity contribution >= 4 is 22.6 Å². The van der Waals surface area contributed by atoms with Crippen molar-refractivity contribution in [2.24, 2.45) is 0 Å². The van der Waals surface area contributed by atoms with Crippen molar-refractivity contribution in [1.29, 1.82) is 0 Å². The number of non-ortho nitro benzene ring substituents is 1. The predicted octanol–water partition coefficient (Wildman–Crippen LogP) is 0.742. The van der Waals surface area contributed by atoms with Gasteiger partial charge >= 0.3 is 5.97 Å². The molecule has 1 aromatic heterocycles. The van der Waals surface area contributed by atoms with E-state index in [1.807, 2.05) is 43.3 Å². The highest BCUT2D eigenvalue weighted by Gasteiger charge is 2.45. The number of para-hydroxylation sites is 1. The second kappa shape index (κ2) is 10.3. The maximum Gasteiger partial charge on any atom is 0.365 e. The van der Waals surface area contributed by atoms with Gasteiger partial charge < -0.3 is 27.0 Å². The van der Waals surface area contributed by atoms with E-state index in [9.17, 15) is 14.9 Å². The van der Waals surface area contributed by atoms with Gasteiger partial charge in [0.2, 0.25) is 0 Å². The highest BCUT2D eigenvalue weighted by Crippen LogP contribution is 2.34. The molecule has 180 valence electrons. The van der Waals surface area contributed by atoms with Crippen LogP contribution in [0.3, 0.4) is 0 Å². The largest absolute Gasteiger partial charge is 1.00 e. The summed E-state index contributed by atoms with van der Waals surface area (Å²) in [4.78, 5) is 28.7. The third-order valence-corrected chi connectivity index (χ3v) is 6.62. The molecule has 7 nitrogen and oxygen atoms in total. The minimum absolute atomic E-state index is 0. The van der Waals surface area contributed by atoms with Crippen LogP contribution in [0.4, 0.5) is 5.69 Å². The van der Waals surface area contributed by atoms with E-state index in [0.29, 0.717) is 19.6 Å². The number of rotatable bonds is 6. The molecule has 3 aromatic carbocycles. The molecule has 2 heterocycles. The molecular weight excluding hydrogens is 466 g/mol. The molecule has 3 atom stereocenters. The van der Waals surface area contributed by atoms with Gasteiger partial charge in [0.25, 0.3) is 5.69 Å². The Morgan fingerprint density at radius 2 is 1.74 bits per heavy atom. The number of carbonyl (C=O) groups excluding carboxylic acids is 1. The van der Waals surface area contributed by atoms with Crippen molar-refractivity contribution in [2.75, 3.05) is 6.61 Å². The lowest BCUT2D eigenvalue weighted by molar-refractivity contribution is -0.957. The summed E-state index contributed by atoms with van der Waals surface area (Å²) in [6.45, 7) is 2.75. The van der Waals surface area contributed by atoms with Crippen LogP contribution >= 0.6 is 0 Å². The molecule has 1 aliphatic heterocycles. The second-order valence-corrected chi connectivity index (χ2v) is 8.59. The van der Waals surface area contributed by atoms with Crippen molar-refractivity contribution in [3.63, 3.8) is 0 Å². The summed E-state index contributed by atoms with van der Waals surface area (Å²) in [5.41, 5.74) is 5.23. The van der Waals surface area contributed by atoms with Crippen molar-refractivity contribution in [1.82, 2.24) is 4.98 Å². The number of halogens is 1. The fourth-order valence-electron chi connectivity index (χ4n) is 5.11. The smallest absolute Gasteiger partial charge is 0.365 e. The molecule has 35 heavy (non-hydrogen) atoms. The van der Waals surface area contributed by atoms with E-state index in [2.05, 4.69) is 23.2 Å². The number of ether oxygens (including phenoxy) is 1. The zero-order valence-electron chi connectivity index (χ0n) is 19.2. The van der Waals surface area contributed by atoms with Crippen LogP contribution in [-0.4, -0.2) is 28.5 Å². The van der Waals surface area contributed by atoms with Crippen LogP contribution < -0.4 is 17.3 Å². The molecule has 0 fully saturated rings. The Bertz CT molecular complexity index is 1340. The van der Waals surface area contributed by atoms with Gasteiger partial charge in [0.05, 0.1) is 17.2 Å². The van der Waals surface area contributed by atoms with Gasteiger partial charge in [0.15, 0.2) is 12.1 Å². The highest BCUT2D eigenvalue weighted by molar-refractivity contribution is 5.86. The zero-order valence-corrected chi connectivity index (χ0v) is 20.0. The van der Waals surface area contributed by atoms with E-state index >= 15 is 0 Å². The number of fused-ring (bicyclic) bond motifs is 3. The number of hydrogen-bond donors (Lipinski definition) is 2. The van der Waals surface area contributed by atoms with Gasteiger partial charge in [-0.1, -0.05) is 48.5 Å². The van der Waals surface area contributed by atoms with Gasteiger partial charge in [-0.25, -0.2) is 4.79 Å². The van der Waals surface area contributed by atoms with Crippen LogP contribution in [0, 0.1) is 10.1 Å². The number of nitrogens with zero attached hydrogens (tertiary/aromatic N) is 1. The molecule has 0 amide bonds. The fourth-order valence-corrected chi connectivity index (χ4v) is 5.11. The number of quaternary nitrogens is 1. The first-order chi connectivity index (χ1) is 16.6. The van der Waals surface area contributed by atoms with Crippen LogP contribution in [-0.2, 0) is 22.5 Å². The average Bonchev–Trinajstić information content (AvgIpc) is 3.22. The SMILES string of the molecule is CCOC(=O)[C@@H]1Cc2c([nH]c3ccccc23)[C@@H](c2ccc([N+](=O)[O-])cc2)[NH+]1Cc1ccccc1.[Cl-]. The van der Waals surface area contributed by atoms with Gasteiger partial charge in [0, 0.05) is 40.6 Å². The predicted molar refractivity (Wildman–Crippen MR) is 128 cm³/mol. The normalized spacial score (nSPS) is 18.9. The molecule has 0 saturated carbocycles. The van der Waals surface area contributed by atoms with Gasteiger partial charge in [-0.05, 0) is 30.7 Å². The third-order valence-electron chi connectivity index (χ3n) is 6.62. The van der Waals surface area contributed by atoms with E-state index in [1.165, 1.54) is 12.1 Å². The lowest BCUT2D eigenvalue weighted by Crippen LogP contribution is -3.17. The van der Waals surface area contributed by atoms with E-state index < -0.39 is 11.0 Å². The zero-order chi connectivity index (χ0) is 23.7. The van der Waals surface area contributed by atoms with Gasteiger partial charge in [-0.2, -0.15) is 0 Å². The summed E-state index contributed by atoms with van der Waals surface area (Å²) in [7, 11) is 0. The quantitative estimate of drug-likeness (QED) is 0.236. The molecule has 0 radical (unpaired) electrons. The molecule has 8 heteroatoms. The number of H-pyrrole nitrogens is 1. The van der Waals surface area contributed by atoms with Crippen LogP contribution in [0.2, 0.25) is 0 Å². The van der Waals surface area contributed by atoms with Crippen LogP contribution in [0.15, 0.2) is 78.9 Å². The first-order valence-corrected chi connectivity index (χ1v) is 11.5. The molecule has 0 spiro atoms. The van der Waals surface area contributed by atoms with Crippen molar-refractivity contribution in [3.8, 4) is 0 Å². The Balaban J connectivity index is 0.00000289. The number of carbonyl (C=O) groups is 1. The first-order valence-electron chi connectivity index (χ1n) is 11.5. The summed E-state index contributed by atoms with van der Waals surface area (Å²) < 4.78 is 5.53. The topological polar surface area (TPSA) is 89.7 Å². The fraction of sp³-hybridized carbons (Fsp3) is 0.222. The van der Waals surface area contributed by atoms with Gasteiger partial charge in [0.1, 0.15) is 6.54 Å². The second-order valence-electron chi connectivity index (χ2n) is 8.59. The Labute approximate surface area is 209 Å². The van der Waals surface area contributed by atoms with E-state index in [1.54, 1.807) is 12.1 Å². The lowest BCUT2D eigenvalue weighted by atomic mass is 9.87. The monoisotopic (exact) mass is 491 g/mol. The summed E-state index contributed by atoms with van der Waals surface area (Å²) in [5, 5.41) is 12.4. The first kappa shape index (κ1) is 24.4. The molecule has 4 aromatic rings. The standard InChI is InChI=1S/C27H25N3O4.ClH/c1-2-34-27(31)24-16-22-21-10-6-7-11-23(21)28-25(22)26(19-12-14-20(15-13-19)30(32)33)29(24)17-18-8-4-3-5-9-18;/h3-15,24,26,28H,2,16-17H2,1H3;1H/t24-,26+;/m0./s1. The maximum absolute atomic E-state index is 13.2. The Morgan fingerprint density at radius 1 is 1.06 bits per heavy atom. The maximum atomic E-state index is 13.2. The summed E-state index contributed by atoms with van der Waals surface area (Å²) in [5.74, 6) is -0.226. The number of nitro benzene ring substituents is 1. The van der Waals surface area contributed by atoms with Crippen LogP contribution in [0.25, 0.3) is 10.9 Å². The molecule has 1 unspecified atom stereocenters. The van der Waals surface area contributed by atoms with E-state index in [0.717, 1.165) is 38.2 Å². The minimum atomic E-state index is -0.410. The Kier molecular flexibility index (Phi) is 7.19. The van der Waals surface area contributed by atoms with Crippen molar-refractivity contribution < 1.29 is 31.8 Å². The molecule has 0 aliphatic carbocycles. The minimum Gasteiger partial charge on any atom is -1.00 e. The Hall–Kier alpha value is -3.68. The van der Waals surface area contributed by atoms with Crippen molar-refractivity contribution in [3.05, 3.63) is 111 Å². The molecule has 0 bridgehead atoms. The average molecular weight is 492 g/mol. The molecule has 0 saturated heterocycles. The van der Waals surface area contributed by atoms with Crippen LogP contribution in [0.1, 0.15) is 35.3 Å². The van der Waals surface area contributed by atoms with E-state index in [-0.39, 0.29) is 30.1 Å². The number of hydrogen-bond acceptors (Lipinski definition) is 4. The number of aromatic amines is 1. The van der Waals surface area contributed by atoms with Crippen LogP contribution in [0.5, 0.6) is 0 Å². The summed E-state index contributed by atoms with van der Waals surface area (Å²) >= 11 is 0. The number of aromatic nitrogens is 1. The number of benzene rings is 3. The van der Waals surface area contributed by atoms with Gasteiger partial charge in [-0.3, -0.25) is 10.1 Å². The molecule has 1 aliphatic rings. The molecular formula is C27H26ClN3O4. The van der Waals surface area contributed by atoms with Gasteiger partial charge in [-0.15, -0.1) is 0 Å². The lowest BCUT2D eigenvalue weighted by Gasteiger charge is -2.38. The third kappa shape index (κ3) is 4.65. The Morgan fingerprint density at radius 3 is 2.43 bits per heavy atom. The van der Waals surface area contributed by atoms with Crippen molar-refractivity contribution in [2.45, 2.75) is 32.0 Å². The number of esters is 1. The highest BCUT2D eigenvalue weighted by atomic mass is 35.5. The molecule has 2 N–H and O–H groups in total. The summed E-state index contributed by atoms with van der Waals surface area (Å²) in [6.07, 6.45) is 0.559. The summed E-state index contributed by atoms with van der Waals surface area (Å²) in [6, 6.07) is 24.2. The number of nitrogens with one attached hydrogen (secondary N) is 2. The number of nitro groups is 1. The van der Waals surface area contributed by atoms with E-state index in [4.69, 9.17) is 4.74 Å². The molecule has 5 rings (SSSR count).